The second-order valence-corrected chi connectivity index (χ2v) is 7.08. The minimum absolute atomic E-state index is 0.435. The predicted molar refractivity (Wildman–Crippen MR) is 110 cm³/mol. The van der Waals surface area contributed by atoms with E-state index < -0.39 is 0 Å². The Balaban J connectivity index is 1.38. The highest BCUT2D eigenvalue weighted by atomic mass is 16.5. The molecular formula is C23H25N3O3. The number of methoxy groups -OCH3 is 2. The average Bonchev–Trinajstić information content (AvgIpc) is 2.78. The molecule has 3 heterocycles. The van der Waals surface area contributed by atoms with Crippen LogP contribution in [0.4, 0.5) is 0 Å². The number of pyridine rings is 2. The van der Waals surface area contributed by atoms with E-state index in [2.05, 4.69) is 33.1 Å². The summed E-state index contributed by atoms with van der Waals surface area (Å²) in [5, 5.41) is 0. The highest BCUT2D eigenvalue weighted by Crippen LogP contribution is 2.25. The molecule has 29 heavy (non-hydrogen) atoms. The second kappa shape index (κ2) is 8.92. The van der Waals surface area contributed by atoms with E-state index in [1.807, 2.05) is 30.5 Å². The summed E-state index contributed by atoms with van der Waals surface area (Å²) in [6.07, 6.45) is 4.63. The van der Waals surface area contributed by atoms with Gasteiger partial charge in [0.1, 0.15) is 18.1 Å². The Morgan fingerprint density at radius 1 is 0.897 bits per heavy atom. The molecule has 6 heteroatoms. The molecule has 1 aliphatic rings. The summed E-state index contributed by atoms with van der Waals surface area (Å²) in [7, 11) is 3.27. The Bertz CT molecular complexity index is 943. The number of hydrogen-bond donors (Lipinski definition) is 0. The maximum Gasteiger partial charge on any atom is 0.212 e. The van der Waals surface area contributed by atoms with Crippen LogP contribution in [-0.2, 0) is 26.1 Å². The van der Waals surface area contributed by atoms with Gasteiger partial charge in [0, 0.05) is 31.9 Å². The molecule has 0 amide bonds. The zero-order valence-electron chi connectivity index (χ0n) is 16.8. The van der Waals surface area contributed by atoms with Gasteiger partial charge >= 0.3 is 0 Å². The first-order chi connectivity index (χ1) is 14.2. The van der Waals surface area contributed by atoms with Crippen LogP contribution in [0.15, 0.2) is 54.9 Å². The molecule has 0 saturated carbocycles. The fourth-order valence-electron chi connectivity index (χ4n) is 3.47. The Hall–Kier alpha value is -3.12. The normalized spacial score (nSPS) is 13.6. The number of aromatic nitrogens is 2. The first kappa shape index (κ1) is 19.2. The van der Waals surface area contributed by atoms with Crippen molar-refractivity contribution in [1.82, 2.24) is 14.9 Å². The molecule has 0 spiro atoms. The second-order valence-electron chi connectivity index (χ2n) is 7.08. The molecule has 0 atom stereocenters. The summed E-state index contributed by atoms with van der Waals surface area (Å²) < 4.78 is 16.2. The van der Waals surface area contributed by atoms with Crippen molar-refractivity contribution in [2.24, 2.45) is 0 Å². The molecule has 4 rings (SSSR count). The van der Waals surface area contributed by atoms with E-state index in [0.717, 1.165) is 43.2 Å². The number of hydrogen-bond acceptors (Lipinski definition) is 6. The molecular weight excluding hydrogens is 366 g/mol. The molecule has 3 aromatic rings. The summed E-state index contributed by atoms with van der Waals surface area (Å²) in [4.78, 5) is 11.1. The Morgan fingerprint density at radius 3 is 2.52 bits per heavy atom. The summed E-state index contributed by atoms with van der Waals surface area (Å²) >= 11 is 0. The molecule has 1 aromatic carbocycles. The highest BCUT2D eigenvalue weighted by Gasteiger charge is 2.17. The molecule has 2 aromatic heterocycles. The van der Waals surface area contributed by atoms with Gasteiger partial charge in [-0.3, -0.25) is 9.88 Å². The van der Waals surface area contributed by atoms with Crippen molar-refractivity contribution in [2.45, 2.75) is 26.1 Å². The van der Waals surface area contributed by atoms with Gasteiger partial charge < -0.3 is 14.2 Å². The SMILES string of the molecule is COc1ccc(COc2ccc3c(c2)CN(Cc2ccc(OC)nc2)CC3)nc1. The quantitative estimate of drug-likeness (QED) is 0.613. The van der Waals surface area contributed by atoms with E-state index >= 15 is 0 Å². The first-order valence-electron chi connectivity index (χ1n) is 9.68. The fourth-order valence-corrected chi connectivity index (χ4v) is 3.47. The van der Waals surface area contributed by atoms with Crippen LogP contribution in [0.25, 0.3) is 0 Å². The number of benzene rings is 1. The van der Waals surface area contributed by atoms with Crippen LogP contribution < -0.4 is 14.2 Å². The van der Waals surface area contributed by atoms with Crippen LogP contribution in [0.2, 0.25) is 0 Å². The highest BCUT2D eigenvalue weighted by molar-refractivity contribution is 5.37. The zero-order valence-corrected chi connectivity index (χ0v) is 16.8. The van der Waals surface area contributed by atoms with Crippen LogP contribution in [0.1, 0.15) is 22.4 Å². The maximum absolute atomic E-state index is 5.96. The van der Waals surface area contributed by atoms with Crippen LogP contribution in [-0.4, -0.2) is 35.6 Å². The first-order valence-corrected chi connectivity index (χ1v) is 9.68. The third-order valence-corrected chi connectivity index (χ3v) is 5.10. The van der Waals surface area contributed by atoms with Crippen molar-refractivity contribution in [3.8, 4) is 17.4 Å². The van der Waals surface area contributed by atoms with Crippen molar-refractivity contribution in [1.29, 1.82) is 0 Å². The molecule has 0 fully saturated rings. The van der Waals surface area contributed by atoms with E-state index in [0.29, 0.717) is 12.5 Å². The van der Waals surface area contributed by atoms with Gasteiger partial charge in [0.25, 0.3) is 0 Å². The van der Waals surface area contributed by atoms with Crippen molar-refractivity contribution in [2.75, 3.05) is 20.8 Å². The van der Waals surface area contributed by atoms with Crippen molar-refractivity contribution in [3.05, 3.63) is 77.2 Å². The summed E-state index contributed by atoms with van der Waals surface area (Å²) in [5.74, 6) is 2.26. The zero-order chi connectivity index (χ0) is 20.1. The fraction of sp³-hybridized carbons (Fsp3) is 0.304. The molecule has 150 valence electrons. The smallest absolute Gasteiger partial charge is 0.212 e. The van der Waals surface area contributed by atoms with E-state index in [9.17, 15) is 0 Å². The van der Waals surface area contributed by atoms with Gasteiger partial charge in [0.15, 0.2) is 0 Å². The summed E-state index contributed by atoms with van der Waals surface area (Å²) in [5.41, 5.74) is 4.77. The van der Waals surface area contributed by atoms with Crippen molar-refractivity contribution >= 4 is 0 Å². The summed E-state index contributed by atoms with van der Waals surface area (Å²) in [6, 6.07) is 14.2. The van der Waals surface area contributed by atoms with Gasteiger partial charge in [-0.2, -0.15) is 0 Å². The van der Waals surface area contributed by atoms with Crippen LogP contribution in [0, 0.1) is 0 Å². The Labute approximate surface area is 171 Å². The lowest BCUT2D eigenvalue weighted by Crippen LogP contribution is -2.30. The van der Waals surface area contributed by atoms with Gasteiger partial charge in [0.05, 0.1) is 26.1 Å². The molecule has 6 nitrogen and oxygen atoms in total. The van der Waals surface area contributed by atoms with Gasteiger partial charge in [-0.15, -0.1) is 0 Å². The topological polar surface area (TPSA) is 56.7 Å². The van der Waals surface area contributed by atoms with E-state index in [-0.39, 0.29) is 0 Å². The van der Waals surface area contributed by atoms with E-state index in [1.54, 1.807) is 20.4 Å². The predicted octanol–water partition coefficient (Wildman–Crippen LogP) is 3.63. The van der Waals surface area contributed by atoms with Gasteiger partial charge in [0.2, 0.25) is 5.88 Å². The third kappa shape index (κ3) is 4.84. The van der Waals surface area contributed by atoms with Crippen molar-refractivity contribution in [3.63, 3.8) is 0 Å². The monoisotopic (exact) mass is 391 g/mol. The lowest BCUT2D eigenvalue weighted by Gasteiger charge is -2.29. The standard InChI is InChI=1S/C23H25N3O3/c1-27-22-7-5-20(24-13-22)16-29-21-6-4-18-9-10-26(15-19(18)11-21)14-17-3-8-23(28-2)25-12-17/h3-8,11-13H,9-10,14-16H2,1-2H3. The van der Waals surface area contributed by atoms with Crippen LogP contribution in [0.5, 0.6) is 17.4 Å². The summed E-state index contributed by atoms with van der Waals surface area (Å²) in [6.45, 7) is 3.25. The lowest BCUT2D eigenvalue weighted by atomic mass is 9.99. The molecule has 0 N–H and O–H groups in total. The van der Waals surface area contributed by atoms with E-state index in [4.69, 9.17) is 14.2 Å². The number of fused-ring (bicyclic) bond motifs is 1. The number of rotatable bonds is 7. The maximum atomic E-state index is 5.96. The lowest BCUT2D eigenvalue weighted by molar-refractivity contribution is 0.243. The molecule has 0 saturated heterocycles. The van der Waals surface area contributed by atoms with Gasteiger partial charge in [-0.1, -0.05) is 12.1 Å². The Kier molecular flexibility index (Phi) is 5.91. The molecule has 0 unspecified atom stereocenters. The molecule has 1 aliphatic heterocycles. The molecule has 0 aliphatic carbocycles. The molecule has 0 radical (unpaired) electrons. The third-order valence-electron chi connectivity index (χ3n) is 5.10. The van der Waals surface area contributed by atoms with Crippen LogP contribution >= 0.6 is 0 Å². The van der Waals surface area contributed by atoms with Crippen molar-refractivity contribution < 1.29 is 14.2 Å². The van der Waals surface area contributed by atoms with E-state index in [1.165, 1.54) is 16.7 Å². The van der Waals surface area contributed by atoms with Gasteiger partial charge in [-0.05, 0) is 47.4 Å². The number of ether oxygens (including phenoxy) is 3. The molecule has 0 bridgehead atoms. The van der Waals surface area contributed by atoms with Gasteiger partial charge in [-0.25, -0.2) is 4.98 Å². The average molecular weight is 391 g/mol. The minimum atomic E-state index is 0.435. The largest absolute Gasteiger partial charge is 0.495 e. The number of nitrogens with zero attached hydrogens (tertiary/aromatic N) is 3. The Morgan fingerprint density at radius 2 is 1.79 bits per heavy atom. The minimum Gasteiger partial charge on any atom is -0.495 e. The van der Waals surface area contributed by atoms with Crippen LogP contribution in [0.3, 0.4) is 0 Å².